The summed E-state index contributed by atoms with van der Waals surface area (Å²) in [5.74, 6) is 2.55. The molecule has 0 radical (unpaired) electrons. The van der Waals surface area contributed by atoms with Crippen molar-refractivity contribution in [3.63, 3.8) is 0 Å². The van der Waals surface area contributed by atoms with Gasteiger partial charge < -0.3 is 4.74 Å². The van der Waals surface area contributed by atoms with Gasteiger partial charge in [-0.15, -0.1) is 0 Å². The van der Waals surface area contributed by atoms with Crippen LogP contribution < -0.4 is 0 Å². The molecule has 0 amide bonds. The van der Waals surface area contributed by atoms with Crippen LogP contribution in [0.25, 0.3) is 0 Å². The van der Waals surface area contributed by atoms with E-state index in [1.54, 1.807) is 72.1 Å². The Labute approximate surface area is 178 Å². The van der Waals surface area contributed by atoms with E-state index in [2.05, 4.69) is 0 Å². The first kappa shape index (κ1) is 22.3. The number of hydrogen-bond acceptors (Lipinski definition) is 5. The van der Waals surface area contributed by atoms with Crippen molar-refractivity contribution in [1.82, 2.24) is 0 Å². The second-order valence-electron chi connectivity index (χ2n) is 5.58. The molecule has 0 aliphatic heterocycles. The molecule has 0 N–H and O–H groups in total. The Balaban J connectivity index is 1.47. The van der Waals surface area contributed by atoms with Gasteiger partial charge in [-0.25, -0.2) is 0 Å². The largest absolute Gasteiger partial charge is 0.380 e. The van der Waals surface area contributed by atoms with E-state index in [0.29, 0.717) is 45.9 Å². The molecule has 0 fully saturated rings. The molecular formula is C20H20Cl2O3S2. The SMILES string of the molecule is O=C(CSCCOCCSCC(=O)c1ccc(Cl)cc1)c1ccc(Cl)cc1. The molecule has 144 valence electrons. The molecule has 0 bridgehead atoms. The van der Waals surface area contributed by atoms with Crippen molar-refractivity contribution in [1.29, 1.82) is 0 Å². The molecule has 27 heavy (non-hydrogen) atoms. The molecule has 0 heterocycles. The number of halogens is 2. The summed E-state index contributed by atoms with van der Waals surface area (Å²) >= 11 is 14.7. The number of benzene rings is 2. The van der Waals surface area contributed by atoms with Gasteiger partial charge in [-0.2, -0.15) is 23.5 Å². The lowest BCUT2D eigenvalue weighted by Gasteiger charge is -2.05. The van der Waals surface area contributed by atoms with E-state index in [1.807, 2.05) is 0 Å². The average molecular weight is 443 g/mol. The number of ether oxygens (including phenoxy) is 1. The van der Waals surface area contributed by atoms with Gasteiger partial charge in [0.2, 0.25) is 0 Å². The first-order valence-electron chi connectivity index (χ1n) is 8.37. The summed E-state index contributed by atoms with van der Waals surface area (Å²) in [6.07, 6.45) is 0. The van der Waals surface area contributed by atoms with Crippen LogP contribution >= 0.6 is 46.7 Å². The quantitative estimate of drug-likeness (QED) is 0.318. The van der Waals surface area contributed by atoms with Gasteiger partial charge in [-0.05, 0) is 48.5 Å². The van der Waals surface area contributed by atoms with Crippen LogP contribution in [0.15, 0.2) is 48.5 Å². The van der Waals surface area contributed by atoms with Gasteiger partial charge in [0.1, 0.15) is 0 Å². The maximum atomic E-state index is 12.0. The third-order valence-electron chi connectivity index (χ3n) is 3.54. The van der Waals surface area contributed by atoms with Gasteiger partial charge >= 0.3 is 0 Å². The summed E-state index contributed by atoms with van der Waals surface area (Å²) in [6.45, 7) is 1.18. The molecule has 2 aromatic carbocycles. The predicted molar refractivity (Wildman–Crippen MR) is 117 cm³/mol. The molecule has 0 aliphatic rings. The van der Waals surface area contributed by atoms with Crippen LogP contribution in [0.1, 0.15) is 20.7 Å². The standard InChI is InChI=1S/C20H20Cl2O3S2/c21-17-5-1-15(2-6-17)19(23)13-26-11-9-25-10-12-27-14-20(24)16-3-7-18(22)8-4-16/h1-8H,9-14H2. The van der Waals surface area contributed by atoms with E-state index < -0.39 is 0 Å². The molecule has 2 aromatic rings. The Morgan fingerprint density at radius 3 is 1.44 bits per heavy atom. The number of hydrogen-bond donors (Lipinski definition) is 0. The van der Waals surface area contributed by atoms with E-state index in [-0.39, 0.29) is 11.6 Å². The molecule has 0 atom stereocenters. The van der Waals surface area contributed by atoms with Gasteiger partial charge in [0.25, 0.3) is 0 Å². The third kappa shape index (κ3) is 8.71. The Morgan fingerprint density at radius 2 is 1.07 bits per heavy atom. The highest BCUT2D eigenvalue weighted by Crippen LogP contribution is 2.13. The van der Waals surface area contributed by atoms with Crippen molar-refractivity contribution in [3.8, 4) is 0 Å². The van der Waals surface area contributed by atoms with Gasteiger partial charge in [0, 0.05) is 32.7 Å². The van der Waals surface area contributed by atoms with Crippen LogP contribution in [0, 0.1) is 0 Å². The molecule has 7 heteroatoms. The lowest BCUT2D eigenvalue weighted by molar-refractivity contribution is 0.101. The van der Waals surface area contributed by atoms with E-state index in [0.717, 1.165) is 11.5 Å². The highest BCUT2D eigenvalue weighted by Gasteiger charge is 2.06. The number of carbonyl (C=O) groups is 2. The summed E-state index contributed by atoms with van der Waals surface area (Å²) < 4.78 is 5.54. The van der Waals surface area contributed by atoms with E-state index in [9.17, 15) is 9.59 Å². The molecule has 0 saturated carbocycles. The third-order valence-corrected chi connectivity index (χ3v) is 5.89. The lowest BCUT2D eigenvalue weighted by Crippen LogP contribution is -2.07. The molecule has 0 aliphatic carbocycles. The molecule has 0 unspecified atom stereocenters. The predicted octanol–water partition coefficient (Wildman–Crippen LogP) is 5.54. The zero-order valence-corrected chi connectivity index (χ0v) is 17.8. The van der Waals surface area contributed by atoms with Crippen molar-refractivity contribution < 1.29 is 14.3 Å². The van der Waals surface area contributed by atoms with Crippen molar-refractivity contribution in [2.75, 3.05) is 36.2 Å². The fourth-order valence-corrected chi connectivity index (χ4v) is 3.82. The second kappa shape index (κ2) is 12.5. The van der Waals surface area contributed by atoms with Gasteiger partial charge in [0.15, 0.2) is 11.6 Å². The molecular weight excluding hydrogens is 423 g/mol. The van der Waals surface area contributed by atoms with Crippen LogP contribution in [0.5, 0.6) is 0 Å². The van der Waals surface area contributed by atoms with Crippen LogP contribution in [-0.4, -0.2) is 47.8 Å². The van der Waals surface area contributed by atoms with Crippen LogP contribution in [0.2, 0.25) is 10.0 Å². The monoisotopic (exact) mass is 442 g/mol. The smallest absolute Gasteiger partial charge is 0.172 e. The van der Waals surface area contributed by atoms with Gasteiger partial charge in [0.05, 0.1) is 24.7 Å². The van der Waals surface area contributed by atoms with E-state index >= 15 is 0 Å². The first-order valence-corrected chi connectivity index (χ1v) is 11.4. The number of carbonyl (C=O) groups excluding carboxylic acids is 2. The second-order valence-corrected chi connectivity index (χ2v) is 8.66. The molecule has 3 nitrogen and oxygen atoms in total. The summed E-state index contributed by atoms with van der Waals surface area (Å²) in [5, 5.41) is 1.25. The number of ketones is 2. The molecule has 0 saturated heterocycles. The summed E-state index contributed by atoms with van der Waals surface area (Å²) in [4.78, 5) is 24.0. The van der Waals surface area contributed by atoms with Crippen LogP contribution in [0.4, 0.5) is 0 Å². The Hall–Kier alpha value is -0.980. The zero-order chi connectivity index (χ0) is 19.5. The minimum atomic E-state index is 0.0907. The number of rotatable bonds is 12. The minimum Gasteiger partial charge on any atom is -0.380 e. The molecule has 0 spiro atoms. The van der Waals surface area contributed by atoms with Crippen molar-refractivity contribution in [2.24, 2.45) is 0 Å². The van der Waals surface area contributed by atoms with Crippen molar-refractivity contribution in [2.45, 2.75) is 0 Å². The van der Waals surface area contributed by atoms with Gasteiger partial charge in [-0.1, -0.05) is 23.2 Å². The van der Waals surface area contributed by atoms with Crippen molar-refractivity contribution >= 4 is 58.3 Å². The maximum absolute atomic E-state index is 12.0. The topological polar surface area (TPSA) is 43.4 Å². The van der Waals surface area contributed by atoms with Crippen LogP contribution in [0.3, 0.4) is 0 Å². The first-order chi connectivity index (χ1) is 13.1. The fourth-order valence-electron chi connectivity index (χ4n) is 2.11. The summed E-state index contributed by atoms with van der Waals surface area (Å²) in [7, 11) is 0. The summed E-state index contributed by atoms with van der Waals surface area (Å²) in [6, 6.07) is 13.8. The lowest BCUT2D eigenvalue weighted by atomic mass is 10.1. The maximum Gasteiger partial charge on any atom is 0.172 e. The fraction of sp³-hybridized carbons (Fsp3) is 0.300. The Kier molecular flexibility index (Phi) is 10.3. The van der Waals surface area contributed by atoms with Crippen LogP contribution in [-0.2, 0) is 4.74 Å². The van der Waals surface area contributed by atoms with Gasteiger partial charge in [-0.3, -0.25) is 9.59 Å². The average Bonchev–Trinajstić information content (AvgIpc) is 2.67. The molecule has 2 rings (SSSR count). The zero-order valence-electron chi connectivity index (χ0n) is 14.7. The normalized spacial score (nSPS) is 10.7. The minimum absolute atomic E-state index is 0.0907. The number of Topliss-reactive ketones (excluding diaryl/α,β-unsaturated/α-hetero) is 2. The van der Waals surface area contributed by atoms with E-state index in [1.165, 1.54) is 0 Å². The van der Waals surface area contributed by atoms with E-state index in [4.69, 9.17) is 27.9 Å². The Bertz CT molecular complexity index is 670. The summed E-state index contributed by atoms with van der Waals surface area (Å²) in [5.41, 5.74) is 1.35. The van der Waals surface area contributed by atoms with Crippen molar-refractivity contribution in [3.05, 3.63) is 69.7 Å². The Morgan fingerprint density at radius 1 is 0.704 bits per heavy atom. The molecule has 0 aromatic heterocycles. The highest BCUT2D eigenvalue weighted by molar-refractivity contribution is 8.00. The highest BCUT2D eigenvalue weighted by atomic mass is 35.5. The number of thioether (sulfide) groups is 2.